The van der Waals surface area contributed by atoms with Gasteiger partial charge in [-0.15, -0.1) is 0 Å². The number of hydrogen-bond donors (Lipinski definition) is 13. The quantitative estimate of drug-likeness (QED) is 0.0928. The standard InChI is InChI=1S/C51H76N12O10/c1-7-16-37-45(69)61-51(5,49(73)63-52-6)24-13-11-9-8-10-12-23-50(4,48(72)56-30(2)42(66)58-38(44(68)57-37)27-32-19-21-34(65)22-20-32)62-46(70)39(28-33-29-55-41-35(33)17-14-26-54-41)59-47(71)40(31(3)64)60-43(67)36-18-15-25-53-36/h14,17,19-22,26,29-31,36-40,52-53,64-65H,7-13,15-16,18,23-25,27-28H2,1-6H3,(H,54,55)(H,56,72)(H,57,68)(H,58,66)(H,59,71)(H,60,67)(H,61,69)(H,62,70)(H,63,73)/t30-,31+,36-,37-,38-,39-,40-,50-,51-/m0/s1. The number of H-pyrrole nitrogens is 1. The van der Waals surface area contributed by atoms with Gasteiger partial charge in [-0.1, -0.05) is 64.0 Å². The summed E-state index contributed by atoms with van der Waals surface area (Å²) in [4.78, 5) is 120. The number of aromatic nitrogens is 2. The van der Waals surface area contributed by atoms with Crippen molar-refractivity contribution in [2.45, 2.75) is 178 Å². The van der Waals surface area contributed by atoms with Crippen LogP contribution in [0.2, 0.25) is 0 Å². The average Bonchev–Trinajstić information content (AvgIpc) is 4.05. The second kappa shape index (κ2) is 26.9. The lowest BCUT2D eigenvalue weighted by atomic mass is 9.90. The van der Waals surface area contributed by atoms with E-state index in [0.717, 1.165) is 19.3 Å². The van der Waals surface area contributed by atoms with E-state index < -0.39 is 101 Å². The number of aromatic amines is 1. The molecular weight excluding hydrogens is 941 g/mol. The highest BCUT2D eigenvalue weighted by molar-refractivity contribution is 5.99. The molecule has 5 rings (SSSR count). The molecule has 2 aliphatic heterocycles. The summed E-state index contributed by atoms with van der Waals surface area (Å²) >= 11 is 0. The van der Waals surface area contributed by atoms with Crippen LogP contribution in [-0.4, -0.2) is 134 Å². The number of carbonyl (C=O) groups excluding carboxylic acids is 8. The SMILES string of the molecule is CCC[C@@H]1NC(=O)[C@H](Cc2ccc(O)cc2)NC(=O)[C@H](C)NC(=O)[C@@](C)(NC(=O)[C@H](Cc2c[nH]c3ncccc23)NC(=O)[C@@H](NC(=O)[C@@H]2CCCN2)[C@@H](C)O)CCCCCCCC[C@@](C)(C(=O)NNC)NC1=O. The molecule has 0 bridgehead atoms. The van der Waals surface area contributed by atoms with Crippen LogP contribution in [-0.2, 0) is 51.2 Å². The lowest BCUT2D eigenvalue weighted by Gasteiger charge is -2.33. The first kappa shape index (κ1) is 57.3. The summed E-state index contributed by atoms with van der Waals surface area (Å²) in [6.07, 6.45) is 7.89. The van der Waals surface area contributed by atoms with Crippen LogP contribution in [0.25, 0.3) is 11.0 Å². The van der Waals surface area contributed by atoms with Gasteiger partial charge in [0.1, 0.15) is 52.7 Å². The molecule has 8 amide bonds. The number of carbonyl (C=O) groups is 8. The molecule has 22 nitrogen and oxygen atoms in total. The van der Waals surface area contributed by atoms with Crippen LogP contribution in [0.4, 0.5) is 0 Å². The Hall–Kier alpha value is -6.65. The van der Waals surface area contributed by atoms with Crippen molar-refractivity contribution in [1.29, 1.82) is 0 Å². The summed E-state index contributed by atoms with van der Waals surface area (Å²) < 4.78 is 0. The number of nitrogens with one attached hydrogen (secondary N) is 11. The van der Waals surface area contributed by atoms with Crippen LogP contribution in [0, 0.1) is 0 Å². The number of nitrogens with zero attached hydrogens (tertiary/aromatic N) is 1. The van der Waals surface area contributed by atoms with Crippen LogP contribution in [0.15, 0.2) is 48.8 Å². The molecule has 0 unspecified atom stereocenters. The maximum absolute atomic E-state index is 14.8. The van der Waals surface area contributed by atoms with Gasteiger partial charge in [-0.3, -0.25) is 43.8 Å². The van der Waals surface area contributed by atoms with Gasteiger partial charge < -0.3 is 57.7 Å². The number of hydrogen-bond acceptors (Lipinski definition) is 13. The summed E-state index contributed by atoms with van der Waals surface area (Å²) in [6.45, 7) is 8.39. The second-order valence-electron chi connectivity index (χ2n) is 19.8. The molecule has 9 atom stereocenters. The molecule has 2 aliphatic rings. The lowest BCUT2D eigenvalue weighted by molar-refractivity contribution is -0.138. The van der Waals surface area contributed by atoms with E-state index in [1.165, 1.54) is 40.0 Å². The van der Waals surface area contributed by atoms with Crippen molar-refractivity contribution < 1.29 is 48.6 Å². The maximum Gasteiger partial charge on any atom is 0.259 e. The van der Waals surface area contributed by atoms with E-state index in [9.17, 15) is 48.6 Å². The number of phenols is 1. The van der Waals surface area contributed by atoms with Gasteiger partial charge >= 0.3 is 0 Å². The molecule has 2 fully saturated rings. The van der Waals surface area contributed by atoms with Crippen LogP contribution < -0.4 is 53.4 Å². The normalized spacial score (nSPS) is 25.3. The van der Waals surface area contributed by atoms with E-state index in [2.05, 4.69) is 63.4 Å². The van der Waals surface area contributed by atoms with Gasteiger partial charge in [0.2, 0.25) is 41.4 Å². The van der Waals surface area contributed by atoms with Gasteiger partial charge in [0.15, 0.2) is 0 Å². The third-order valence-corrected chi connectivity index (χ3v) is 13.6. The summed E-state index contributed by atoms with van der Waals surface area (Å²) in [7, 11) is 1.53. The third-order valence-electron chi connectivity index (χ3n) is 13.6. The summed E-state index contributed by atoms with van der Waals surface area (Å²) in [5, 5.41) is 43.9. The van der Waals surface area contributed by atoms with Gasteiger partial charge in [0, 0.05) is 37.7 Å². The monoisotopic (exact) mass is 1020 g/mol. The van der Waals surface area contributed by atoms with E-state index in [4.69, 9.17) is 0 Å². The molecule has 22 heteroatoms. The molecule has 0 radical (unpaired) electrons. The van der Waals surface area contributed by atoms with Crippen molar-refractivity contribution in [3.63, 3.8) is 0 Å². The minimum Gasteiger partial charge on any atom is -0.508 e. The fraction of sp³-hybridized carbons (Fsp3) is 0.588. The molecule has 2 aromatic heterocycles. The molecule has 73 heavy (non-hydrogen) atoms. The predicted molar refractivity (Wildman–Crippen MR) is 272 cm³/mol. The van der Waals surface area contributed by atoms with Crippen molar-refractivity contribution >= 4 is 58.3 Å². The van der Waals surface area contributed by atoms with Crippen molar-refractivity contribution in [3.8, 4) is 5.75 Å². The number of fused-ring (bicyclic) bond motifs is 1. The van der Waals surface area contributed by atoms with Gasteiger partial charge in [0.25, 0.3) is 5.91 Å². The number of hydrazine groups is 1. The molecule has 4 heterocycles. The van der Waals surface area contributed by atoms with E-state index in [-0.39, 0.29) is 37.9 Å². The molecule has 0 aliphatic carbocycles. The topological polar surface area (TPSA) is 326 Å². The zero-order valence-electron chi connectivity index (χ0n) is 42.9. The van der Waals surface area contributed by atoms with Crippen molar-refractivity contribution in [2.24, 2.45) is 0 Å². The Bertz CT molecular complexity index is 2390. The van der Waals surface area contributed by atoms with Gasteiger partial charge in [0.05, 0.1) is 12.1 Å². The Morgan fingerprint density at radius 2 is 1.53 bits per heavy atom. The second-order valence-corrected chi connectivity index (χ2v) is 19.8. The first-order valence-electron chi connectivity index (χ1n) is 25.5. The maximum atomic E-state index is 14.8. The lowest BCUT2D eigenvalue weighted by Crippen LogP contribution is -2.65. The largest absolute Gasteiger partial charge is 0.508 e. The summed E-state index contributed by atoms with van der Waals surface area (Å²) in [5.74, 6) is -5.36. The summed E-state index contributed by atoms with van der Waals surface area (Å²) in [6, 6.07) is 2.52. The number of pyridine rings is 1. The molecule has 0 spiro atoms. The van der Waals surface area contributed by atoms with Crippen LogP contribution >= 0.6 is 0 Å². The van der Waals surface area contributed by atoms with E-state index in [1.54, 1.807) is 43.6 Å². The Morgan fingerprint density at radius 3 is 2.19 bits per heavy atom. The number of aliphatic hydroxyl groups is 1. The Labute approximate surface area is 426 Å². The number of aromatic hydroxyl groups is 1. The van der Waals surface area contributed by atoms with Gasteiger partial charge in [-0.25, -0.2) is 10.4 Å². The van der Waals surface area contributed by atoms with Crippen molar-refractivity contribution in [3.05, 3.63) is 59.9 Å². The van der Waals surface area contributed by atoms with Gasteiger partial charge in [-0.2, -0.15) is 0 Å². The first-order valence-corrected chi connectivity index (χ1v) is 25.5. The first-order chi connectivity index (χ1) is 34.8. The fourth-order valence-corrected chi connectivity index (χ4v) is 9.16. The Balaban J connectivity index is 1.45. The minimum atomic E-state index is -1.69. The number of aliphatic hydroxyl groups excluding tert-OH is 1. The summed E-state index contributed by atoms with van der Waals surface area (Å²) in [5.41, 5.74) is 3.86. The molecule has 13 N–H and O–H groups in total. The average molecular weight is 1020 g/mol. The van der Waals surface area contributed by atoms with E-state index in [1.807, 2.05) is 6.92 Å². The van der Waals surface area contributed by atoms with Gasteiger partial charge in [-0.05, 0) is 102 Å². The Morgan fingerprint density at radius 1 is 0.849 bits per heavy atom. The van der Waals surface area contributed by atoms with Crippen LogP contribution in [0.3, 0.4) is 0 Å². The van der Waals surface area contributed by atoms with Crippen LogP contribution in [0.1, 0.15) is 123 Å². The Kier molecular flexibility index (Phi) is 21.1. The van der Waals surface area contributed by atoms with Crippen LogP contribution in [0.5, 0.6) is 5.75 Å². The smallest absolute Gasteiger partial charge is 0.259 e. The highest BCUT2D eigenvalue weighted by Crippen LogP contribution is 2.23. The van der Waals surface area contributed by atoms with E-state index >= 15 is 0 Å². The zero-order chi connectivity index (χ0) is 53.3. The molecule has 400 valence electrons. The molecule has 2 saturated heterocycles. The van der Waals surface area contributed by atoms with Crippen molar-refractivity contribution in [1.82, 2.24) is 63.4 Å². The molecular formula is C51H76N12O10. The highest BCUT2D eigenvalue weighted by atomic mass is 16.3. The highest BCUT2D eigenvalue weighted by Gasteiger charge is 2.41. The van der Waals surface area contributed by atoms with Crippen molar-refractivity contribution in [2.75, 3.05) is 13.6 Å². The minimum absolute atomic E-state index is 0.0191. The number of benzene rings is 1. The fourth-order valence-electron chi connectivity index (χ4n) is 9.16. The number of phenolic OH excluding ortho intramolecular Hbond substituents is 1. The number of rotatable bonds is 15. The van der Waals surface area contributed by atoms with E-state index in [0.29, 0.717) is 67.2 Å². The third kappa shape index (κ3) is 16.2. The zero-order valence-corrected chi connectivity index (χ0v) is 42.9. The predicted octanol–water partition coefficient (Wildman–Crippen LogP) is 0.565. The molecule has 3 aromatic rings. The molecule has 0 saturated carbocycles. The number of amides is 8. The molecule has 1 aromatic carbocycles.